The second kappa shape index (κ2) is 10.4. The highest BCUT2D eigenvalue weighted by molar-refractivity contribution is 5.55. The molecule has 0 aliphatic carbocycles. The van der Waals surface area contributed by atoms with Crippen molar-refractivity contribution in [1.29, 1.82) is 0 Å². The lowest BCUT2D eigenvalue weighted by Crippen LogP contribution is -1.90. The number of aliphatic imine (C=N–C) groups is 1. The first-order valence-electron chi connectivity index (χ1n) is 4.91. The molecule has 0 unspecified atom stereocenters. The minimum absolute atomic E-state index is 0.552. The van der Waals surface area contributed by atoms with Crippen LogP contribution in [-0.2, 0) is 0 Å². The van der Waals surface area contributed by atoms with E-state index in [0.717, 1.165) is 6.42 Å². The van der Waals surface area contributed by atoms with Gasteiger partial charge in [0.05, 0.1) is 0 Å². The fourth-order valence-electron chi connectivity index (χ4n) is 0.796. The van der Waals surface area contributed by atoms with Crippen LogP contribution in [-0.4, -0.2) is 6.21 Å². The standard InChI is InChI=1S/C9H17N.C2H6/c1-5-7-9(8(3)4)10-6-2;1-2/h6-8H,5H2,1-4H3;1-2H3/b9-7-,10-6?;. The zero-order chi connectivity index (χ0) is 9.98. The highest BCUT2D eigenvalue weighted by atomic mass is 14.7. The monoisotopic (exact) mass is 169 g/mol. The third kappa shape index (κ3) is 7.52. The molecule has 0 aliphatic rings. The molecule has 12 heavy (non-hydrogen) atoms. The average molecular weight is 169 g/mol. The molecule has 1 nitrogen and oxygen atoms in total. The lowest BCUT2D eigenvalue weighted by atomic mass is 10.1. The van der Waals surface area contributed by atoms with Gasteiger partial charge in [-0.25, -0.2) is 0 Å². The van der Waals surface area contributed by atoms with Crippen molar-refractivity contribution in [2.75, 3.05) is 0 Å². The molecule has 0 heterocycles. The van der Waals surface area contributed by atoms with Crippen LogP contribution in [0.1, 0.15) is 48.0 Å². The Morgan fingerprint density at radius 2 is 1.83 bits per heavy atom. The van der Waals surface area contributed by atoms with Gasteiger partial charge in [0, 0.05) is 11.9 Å². The molecule has 0 N–H and O–H groups in total. The van der Waals surface area contributed by atoms with E-state index < -0.39 is 0 Å². The second-order valence-corrected chi connectivity index (χ2v) is 2.58. The van der Waals surface area contributed by atoms with Crippen molar-refractivity contribution in [3.63, 3.8) is 0 Å². The van der Waals surface area contributed by atoms with Gasteiger partial charge in [-0.05, 0) is 19.3 Å². The maximum absolute atomic E-state index is 4.25. The van der Waals surface area contributed by atoms with E-state index in [1.54, 1.807) is 0 Å². The molecule has 0 atom stereocenters. The predicted octanol–water partition coefficient (Wildman–Crippen LogP) is 4.05. The van der Waals surface area contributed by atoms with Gasteiger partial charge in [0.25, 0.3) is 0 Å². The van der Waals surface area contributed by atoms with Gasteiger partial charge in [-0.2, -0.15) is 0 Å². The van der Waals surface area contributed by atoms with Crippen molar-refractivity contribution >= 4 is 6.21 Å². The van der Waals surface area contributed by atoms with Gasteiger partial charge in [-0.3, -0.25) is 4.99 Å². The minimum Gasteiger partial charge on any atom is -0.266 e. The Morgan fingerprint density at radius 3 is 2.08 bits per heavy atom. The Kier molecular flexibility index (Phi) is 12.1. The van der Waals surface area contributed by atoms with Crippen LogP contribution in [0.2, 0.25) is 0 Å². The zero-order valence-electron chi connectivity index (χ0n) is 9.39. The van der Waals surface area contributed by atoms with E-state index >= 15 is 0 Å². The van der Waals surface area contributed by atoms with Crippen LogP contribution in [0.3, 0.4) is 0 Å². The summed E-state index contributed by atoms with van der Waals surface area (Å²) in [6.45, 7) is 12.4. The van der Waals surface area contributed by atoms with E-state index in [1.165, 1.54) is 5.70 Å². The van der Waals surface area contributed by atoms with Crippen molar-refractivity contribution < 1.29 is 0 Å². The van der Waals surface area contributed by atoms with Crippen molar-refractivity contribution in [1.82, 2.24) is 0 Å². The van der Waals surface area contributed by atoms with E-state index in [2.05, 4.69) is 31.8 Å². The van der Waals surface area contributed by atoms with Crippen molar-refractivity contribution in [2.24, 2.45) is 10.9 Å². The zero-order valence-corrected chi connectivity index (χ0v) is 9.39. The second-order valence-electron chi connectivity index (χ2n) is 2.58. The van der Waals surface area contributed by atoms with Gasteiger partial charge < -0.3 is 0 Å². The molecule has 0 saturated carbocycles. The molecule has 0 saturated heterocycles. The molecule has 0 spiro atoms. The number of nitrogens with zero attached hydrogens (tertiary/aromatic N) is 1. The lowest BCUT2D eigenvalue weighted by molar-refractivity contribution is 0.752. The van der Waals surface area contributed by atoms with Gasteiger partial charge in [-0.15, -0.1) is 0 Å². The van der Waals surface area contributed by atoms with Gasteiger partial charge in [0.2, 0.25) is 0 Å². The largest absolute Gasteiger partial charge is 0.266 e. The third-order valence-electron chi connectivity index (χ3n) is 1.28. The molecular formula is C11H23N. The quantitative estimate of drug-likeness (QED) is 0.565. The summed E-state index contributed by atoms with van der Waals surface area (Å²) in [6.07, 6.45) is 5.09. The average Bonchev–Trinajstić information content (AvgIpc) is 2.08. The molecule has 1 heteroatoms. The molecule has 0 aromatic heterocycles. The van der Waals surface area contributed by atoms with Gasteiger partial charge in [-0.1, -0.05) is 40.7 Å². The van der Waals surface area contributed by atoms with E-state index in [0.29, 0.717) is 5.92 Å². The number of hydrogen-bond acceptors (Lipinski definition) is 1. The van der Waals surface area contributed by atoms with E-state index in [1.807, 2.05) is 27.0 Å². The summed E-state index contributed by atoms with van der Waals surface area (Å²) >= 11 is 0. The predicted molar refractivity (Wildman–Crippen MR) is 58.7 cm³/mol. The Hall–Kier alpha value is -0.590. The molecule has 0 aromatic carbocycles. The van der Waals surface area contributed by atoms with Crippen LogP contribution >= 0.6 is 0 Å². The first-order valence-corrected chi connectivity index (χ1v) is 4.91. The lowest BCUT2D eigenvalue weighted by Gasteiger charge is -2.03. The van der Waals surface area contributed by atoms with E-state index in [9.17, 15) is 0 Å². The smallest absolute Gasteiger partial charge is 0.0385 e. The fourth-order valence-corrected chi connectivity index (χ4v) is 0.796. The molecule has 0 aliphatic heterocycles. The van der Waals surface area contributed by atoms with Crippen LogP contribution in [0.4, 0.5) is 0 Å². The van der Waals surface area contributed by atoms with Crippen molar-refractivity contribution in [3.05, 3.63) is 11.8 Å². The summed E-state index contributed by atoms with van der Waals surface area (Å²) < 4.78 is 0. The van der Waals surface area contributed by atoms with Crippen LogP contribution in [0.5, 0.6) is 0 Å². The highest BCUT2D eigenvalue weighted by Crippen LogP contribution is 2.10. The Morgan fingerprint density at radius 1 is 1.33 bits per heavy atom. The molecule has 0 amide bonds. The Balaban J connectivity index is 0. The van der Waals surface area contributed by atoms with Gasteiger partial charge in [0.15, 0.2) is 0 Å². The fraction of sp³-hybridized carbons (Fsp3) is 0.727. The number of rotatable bonds is 3. The normalized spacial score (nSPS) is 11.8. The van der Waals surface area contributed by atoms with E-state index in [4.69, 9.17) is 0 Å². The maximum Gasteiger partial charge on any atom is 0.0385 e. The summed E-state index contributed by atoms with van der Waals surface area (Å²) in [5.74, 6) is 0.552. The summed E-state index contributed by atoms with van der Waals surface area (Å²) in [5.41, 5.74) is 1.20. The molecule has 72 valence electrons. The molecular weight excluding hydrogens is 146 g/mol. The molecule has 0 radical (unpaired) electrons. The van der Waals surface area contributed by atoms with Crippen molar-refractivity contribution in [2.45, 2.75) is 48.0 Å². The number of hydrogen-bond donors (Lipinski definition) is 0. The summed E-state index contributed by atoms with van der Waals surface area (Å²) in [5, 5.41) is 0. The maximum atomic E-state index is 4.25. The summed E-state index contributed by atoms with van der Waals surface area (Å²) in [7, 11) is 0. The minimum atomic E-state index is 0.552. The first-order chi connectivity index (χ1) is 5.72. The van der Waals surface area contributed by atoms with Crippen LogP contribution in [0.25, 0.3) is 0 Å². The third-order valence-corrected chi connectivity index (χ3v) is 1.28. The topological polar surface area (TPSA) is 12.4 Å². The molecule has 0 fully saturated rings. The van der Waals surface area contributed by atoms with Crippen LogP contribution < -0.4 is 0 Å². The first kappa shape index (κ1) is 14.0. The van der Waals surface area contributed by atoms with Gasteiger partial charge >= 0.3 is 0 Å². The molecule has 0 aromatic rings. The van der Waals surface area contributed by atoms with Gasteiger partial charge in [0.1, 0.15) is 0 Å². The SMILES string of the molecule is CC.CC=N/C(=C\CC)C(C)C. The van der Waals surface area contributed by atoms with Crippen LogP contribution in [0, 0.1) is 5.92 Å². The molecule has 0 bridgehead atoms. The summed E-state index contributed by atoms with van der Waals surface area (Å²) in [6, 6.07) is 0. The van der Waals surface area contributed by atoms with Crippen LogP contribution in [0.15, 0.2) is 16.8 Å². The van der Waals surface area contributed by atoms with E-state index in [-0.39, 0.29) is 0 Å². The highest BCUT2D eigenvalue weighted by Gasteiger charge is 1.97. The Bertz CT molecular complexity index is 132. The Labute approximate surface area is 77.6 Å². The molecule has 0 rings (SSSR count). The van der Waals surface area contributed by atoms with Crippen molar-refractivity contribution in [3.8, 4) is 0 Å². The number of allylic oxidation sites excluding steroid dienone is 2. The summed E-state index contributed by atoms with van der Waals surface area (Å²) in [4.78, 5) is 4.25.